The lowest BCUT2D eigenvalue weighted by Gasteiger charge is -2.11. The average molecular weight is 287 g/mol. The first kappa shape index (κ1) is 15.5. The van der Waals surface area contributed by atoms with E-state index in [0.29, 0.717) is 24.1 Å². The first-order chi connectivity index (χ1) is 8.81. The van der Waals surface area contributed by atoms with E-state index in [9.17, 15) is 18.5 Å². The van der Waals surface area contributed by atoms with Crippen molar-refractivity contribution in [2.45, 2.75) is 25.2 Å². The molecule has 3 N–H and O–H groups in total. The molecule has 7 nitrogen and oxygen atoms in total. The third-order valence-electron chi connectivity index (χ3n) is 2.79. The van der Waals surface area contributed by atoms with Crippen molar-refractivity contribution in [3.8, 4) is 0 Å². The van der Waals surface area contributed by atoms with Crippen LogP contribution in [0.2, 0.25) is 0 Å². The van der Waals surface area contributed by atoms with E-state index < -0.39 is 20.6 Å². The summed E-state index contributed by atoms with van der Waals surface area (Å²) in [6.07, 6.45) is 0.470. The number of nitrogens with zero attached hydrogens (tertiary/aromatic N) is 1. The van der Waals surface area contributed by atoms with E-state index >= 15 is 0 Å². The average Bonchev–Trinajstić information content (AvgIpc) is 2.31. The first-order valence-electron chi connectivity index (χ1n) is 5.75. The van der Waals surface area contributed by atoms with Gasteiger partial charge >= 0.3 is 0 Å². The highest BCUT2D eigenvalue weighted by Gasteiger charge is 2.28. The number of benzene rings is 1. The predicted molar refractivity (Wildman–Crippen MR) is 71.4 cm³/mol. The fraction of sp³-hybridized carbons (Fsp3) is 0.455. The standard InChI is InChI=1S/C11H17N3O4S/c1-8-4-5-10(14(15)16)11(9(8)2)19(17,18)13-7-3-6-12/h4-5,13H,3,6-7,12H2,1-2H3. The van der Waals surface area contributed by atoms with Crippen LogP contribution in [0.1, 0.15) is 17.5 Å². The van der Waals surface area contributed by atoms with Crippen molar-refractivity contribution in [2.24, 2.45) is 5.73 Å². The van der Waals surface area contributed by atoms with Gasteiger partial charge in [-0.1, -0.05) is 6.07 Å². The number of sulfonamides is 1. The summed E-state index contributed by atoms with van der Waals surface area (Å²) in [5.41, 5.74) is 5.94. The Morgan fingerprint density at radius 3 is 2.53 bits per heavy atom. The molecule has 8 heteroatoms. The molecule has 0 fully saturated rings. The molecule has 19 heavy (non-hydrogen) atoms. The Morgan fingerprint density at radius 2 is 2.00 bits per heavy atom. The van der Waals surface area contributed by atoms with Crippen LogP contribution in [0.25, 0.3) is 0 Å². The van der Waals surface area contributed by atoms with E-state index in [4.69, 9.17) is 5.73 Å². The number of nitrogens with one attached hydrogen (secondary N) is 1. The third kappa shape index (κ3) is 3.49. The molecule has 0 amide bonds. The highest BCUT2D eigenvalue weighted by molar-refractivity contribution is 7.89. The molecule has 0 aliphatic rings. The summed E-state index contributed by atoms with van der Waals surface area (Å²) in [5.74, 6) is 0. The van der Waals surface area contributed by atoms with Gasteiger partial charge in [0.1, 0.15) is 0 Å². The lowest BCUT2D eigenvalue weighted by Crippen LogP contribution is -2.27. The normalized spacial score (nSPS) is 11.5. The van der Waals surface area contributed by atoms with Gasteiger partial charge in [-0.25, -0.2) is 13.1 Å². The Labute approximate surface area is 112 Å². The summed E-state index contributed by atoms with van der Waals surface area (Å²) in [6, 6.07) is 2.74. The first-order valence-corrected chi connectivity index (χ1v) is 7.24. The SMILES string of the molecule is Cc1ccc([N+](=O)[O-])c(S(=O)(=O)NCCCN)c1C. The van der Waals surface area contributed by atoms with E-state index in [2.05, 4.69) is 4.72 Å². The molecule has 106 valence electrons. The number of rotatable bonds is 6. The Kier molecular flexibility index (Phi) is 4.98. The van der Waals surface area contributed by atoms with E-state index in [1.807, 2.05) is 0 Å². The summed E-state index contributed by atoms with van der Waals surface area (Å²) in [5, 5.41) is 11.0. The zero-order valence-electron chi connectivity index (χ0n) is 10.8. The number of nitro benzene ring substituents is 1. The van der Waals surface area contributed by atoms with Crippen LogP contribution < -0.4 is 10.5 Å². The van der Waals surface area contributed by atoms with Gasteiger partial charge in [-0.3, -0.25) is 10.1 Å². The minimum absolute atomic E-state index is 0.156. The maximum atomic E-state index is 12.1. The second kappa shape index (κ2) is 6.09. The third-order valence-corrected chi connectivity index (χ3v) is 4.43. The van der Waals surface area contributed by atoms with Crippen LogP contribution >= 0.6 is 0 Å². The van der Waals surface area contributed by atoms with Gasteiger partial charge in [0.25, 0.3) is 5.69 Å². The maximum absolute atomic E-state index is 12.1. The number of aryl methyl sites for hydroxylation is 1. The van der Waals surface area contributed by atoms with Crippen molar-refractivity contribution in [1.82, 2.24) is 4.72 Å². The van der Waals surface area contributed by atoms with Gasteiger partial charge < -0.3 is 5.73 Å². The predicted octanol–water partition coefficient (Wildman–Crippen LogP) is 0.839. The van der Waals surface area contributed by atoms with Gasteiger partial charge in [0.05, 0.1) is 4.92 Å². The highest BCUT2D eigenvalue weighted by Crippen LogP contribution is 2.28. The van der Waals surface area contributed by atoms with E-state index in [1.54, 1.807) is 13.8 Å². The molecule has 0 heterocycles. The Morgan fingerprint density at radius 1 is 1.37 bits per heavy atom. The maximum Gasteiger partial charge on any atom is 0.289 e. The van der Waals surface area contributed by atoms with Crippen molar-refractivity contribution in [3.63, 3.8) is 0 Å². The van der Waals surface area contributed by atoms with Crippen LogP contribution in [-0.2, 0) is 10.0 Å². The molecule has 0 aliphatic carbocycles. The number of hydrogen-bond donors (Lipinski definition) is 2. The summed E-state index contributed by atoms with van der Waals surface area (Å²) in [4.78, 5) is 10.00. The summed E-state index contributed by atoms with van der Waals surface area (Å²) >= 11 is 0. The molecule has 0 saturated heterocycles. The summed E-state index contributed by atoms with van der Waals surface area (Å²) < 4.78 is 26.6. The molecule has 1 aromatic carbocycles. The molecule has 1 rings (SSSR count). The van der Waals surface area contributed by atoms with Crippen LogP contribution in [0, 0.1) is 24.0 Å². The Hall–Kier alpha value is -1.51. The van der Waals surface area contributed by atoms with Gasteiger partial charge in [-0.15, -0.1) is 0 Å². The molecule has 0 spiro atoms. The molecule has 0 radical (unpaired) electrons. The fourth-order valence-corrected chi connectivity index (χ4v) is 3.18. The molecule has 0 saturated carbocycles. The molecule has 0 atom stereocenters. The second-order valence-corrected chi connectivity index (χ2v) is 5.86. The Balaban J connectivity index is 3.31. The molecule has 0 aliphatic heterocycles. The number of nitrogens with two attached hydrogens (primary N) is 1. The molecular formula is C11H17N3O4S. The van der Waals surface area contributed by atoms with E-state index in [-0.39, 0.29) is 11.4 Å². The monoisotopic (exact) mass is 287 g/mol. The largest absolute Gasteiger partial charge is 0.330 e. The molecule has 1 aromatic rings. The molecule has 0 aromatic heterocycles. The second-order valence-electron chi connectivity index (χ2n) is 4.15. The van der Waals surface area contributed by atoms with Crippen molar-refractivity contribution in [2.75, 3.05) is 13.1 Å². The Bertz CT molecular complexity index is 584. The fourth-order valence-electron chi connectivity index (χ4n) is 1.64. The zero-order valence-corrected chi connectivity index (χ0v) is 11.7. The lowest BCUT2D eigenvalue weighted by molar-refractivity contribution is -0.387. The zero-order chi connectivity index (χ0) is 14.6. The minimum Gasteiger partial charge on any atom is -0.330 e. The van der Waals surface area contributed by atoms with Crippen LogP contribution in [0.5, 0.6) is 0 Å². The number of hydrogen-bond acceptors (Lipinski definition) is 5. The summed E-state index contributed by atoms with van der Waals surface area (Å²) in [7, 11) is -3.91. The van der Waals surface area contributed by atoms with Gasteiger partial charge in [-0.2, -0.15) is 0 Å². The number of nitro groups is 1. The van der Waals surface area contributed by atoms with Gasteiger partial charge in [-0.05, 0) is 37.9 Å². The molecule has 0 bridgehead atoms. The van der Waals surface area contributed by atoms with Crippen LogP contribution in [0.4, 0.5) is 5.69 Å². The van der Waals surface area contributed by atoms with Crippen molar-refractivity contribution < 1.29 is 13.3 Å². The lowest BCUT2D eigenvalue weighted by atomic mass is 10.1. The topological polar surface area (TPSA) is 115 Å². The molecule has 0 unspecified atom stereocenters. The van der Waals surface area contributed by atoms with Gasteiger partial charge in [0.2, 0.25) is 10.0 Å². The van der Waals surface area contributed by atoms with Crippen molar-refractivity contribution >= 4 is 15.7 Å². The van der Waals surface area contributed by atoms with E-state index in [1.165, 1.54) is 12.1 Å². The summed E-state index contributed by atoms with van der Waals surface area (Å²) in [6.45, 7) is 3.76. The van der Waals surface area contributed by atoms with E-state index in [0.717, 1.165) is 0 Å². The van der Waals surface area contributed by atoms with Crippen LogP contribution in [-0.4, -0.2) is 26.4 Å². The minimum atomic E-state index is -3.91. The van der Waals surface area contributed by atoms with Crippen LogP contribution in [0.15, 0.2) is 17.0 Å². The van der Waals surface area contributed by atoms with Crippen LogP contribution in [0.3, 0.4) is 0 Å². The molecular weight excluding hydrogens is 270 g/mol. The van der Waals surface area contributed by atoms with Crippen molar-refractivity contribution in [1.29, 1.82) is 0 Å². The van der Waals surface area contributed by atoms with Gasteiger partial charge in [0, 0.05) is 12.6 Å². The highest BCUT2D eigenvalue weighted by atomic mass is 32.2. The van der Waals surface area contributed by atoms with Gasteiger partial charge in [0.15, 0.2) is 4.90 Å². The smallest absolute Gasteiger partial charge is 0.289 e. The quantitative estimate of drug-likeness (QED) is 0.457. The van der Waals surface area contributed by atoms with Crippen molar-refractivity contribution in [3.05, 3.63) is 33.4 Å².